The van der Waals surface area contributed by atoms with Gasteiger partial charge in [-0.1, -0.05) is 23.9 Å². The van der Waals surface area contributed by atoms with Crippen LogP contribution in [0.3, 0.4) is 0 Å². The van der Waals surface area contributed by atoms with Crippen LogP contribution in [0, 0.1) is 0 Å². The van der Waals surface area contributed by atoms with Crippen molar-refractivity contribution in [2.24, 2.45) is 0 Å². The molecule has 0 aliphatic heterocycles. The molecule has 0 spiro atoms. The first-order chi connectivity index (χ1) is 11.8. The summed E-state index contributed by atoms with van der Waals surface area (Å²) in [5.74, 6) is 1.03. The molecule has 1 N–H and O–H groups in total. The molecule has 3 aromatic rings. The first kappa shape index (κ1) is 16.5. The van der Waals surface area contributed by atoms with Crippen molar-refractivity contribution in [3.8, 4) is 17.2 Å². The van der Waals surface area contributed by atoms with Crippen LogP contribution in [-0.4, -0.2) is 33.4 Å². The van der Waals surface area contributed by atoms with Crippen LogP contribution < -0.4 is 10.1 Å². The van der Waals surface area contributed by atoms with Crippen molar-refractivity contribution < 1.29 is 13.9 Å². The van der Waals surface area contributed by atoms with Gasteiger partial charge in [-0.3, -0.25) is 4.79 Å². The van der Waals surface area contributed by atoms with E-state index in [1.807, 2.05) is 31.2 Å². The first-order valence-electron chi connectivity index (χ1n) is 7.14. The lowest BCUT2D eigenvalue weighted by molar-refractivity contribution is -0.113. The van der Waals surface area contributed by atoms with Gasteiger partial charge in [-0.25, -0.2) is 4.98 Å². The van der Waals surface area contributed by atoms with Crippen LogP contribution in [-0.2, 0) is 4.79 Å². The van der Waals surface area contributed by atoms with Crippen molar-refractivity contribution in [2.45, 2.75) is 12.1 Å². The van der Waals surface area contributed by atoms with Crippen molar-refractivity contribution >= 4 is 34.1 Å². The van der Waals surface area contributed by atoms with Crippen LogP contribution in [0.5, 0.6) is 5.75 Å². The normalized spacial score (nSPS) is 10.5. The van der Waals surface area contributed by atoms with Gasteiger partial charge >= 0.3 is 0 Å². The van der Waals surface area contributed by atoms with Crippen LogP contribution in [0.25, 0.3) is 11.5 Å². The molecule has 2 heterocycles. The highest BCUT2D eigenvalue weighted by Gasteiger charge is 2.15. The van der Waals surface area contributed by atoms with Crippen molar-refractivity contribution in [2.75, 3.05) is 17.7 Å². The number of thiazole rings is 1. The Kier molecular flexibility index (Phi) is 5.44. The molecule has 7 nitrogen and oxygen atoms in total. The molecule has 1 aromatic carbocycles. The van der Waals surface area contributed by atoms with E-state index in [-0.39, 0.29) is 11.7 Å². The third kappa shape index (κ3) is 4.12. The molecule has 0 aliphatic carbocycles. The van der Waals surface area contributed by atoms with E-state index in [1.54, 1.807) is 11.6 Å². The predicted molar refractivity (Wildman–Crippen MR) is 92.4 cm³/mol. The van der Waals surface area contributed by atoms with Gasteiger partial charge in [0.05, 0.1) is 17.9 Å². The van der Waals surface area contributed by atoms with E-state index in [2.05, 4.69) is 20.5 Å². The highest BCUT2D eigenvalue weighted by molar-refractivity contribution is 7.99. The summed E-state index contributed by atoms with van der Waals surface area (Å²) in [4.78, 5) is 15.8. The van der Waals surface area contributed by atoms with Gasteiger partial charge in [-0.05, 0) is 19.1 Å². The summed E-state index contributed by atoms with van der Waals surface area (Å²) in [5, 5.41) is 13.4. The van der Waals surface area contributed by atoms with E-state index in [0.29, 0.717) is 28.6 Å². The molecule has 0 bridgehead atoms. The van der Waals surface area contributed by atoms with Crippen LogP contribution in [0.15, 0.2) is 45.5 Å². The molecule has 2 aromatic heterocycles. The quantitative estimate of drug-likeness (QED) is 0.645. The zero-order valence-corrected chi connectivity index (χ0v) is 14.4. The maximum Gasteiger partial charge on any atom is 0.277 e. The van der Waals surface area contributed by atoms with Gasteiger partial charge in [0.2, 0.25) is 5.91 Å². The smallest absolute Gasteiger partial charge is 0.277 e. The molecule has 0 aliphatic rings. The Labute approximate surface area is 146 Å². The molecular weight excluding hydrogens is 348 g/mol. The summed E-state index contributed by atoms with van der Waals surface area (Å²) < 4.78 is 11.2. The first-order valence-corrected chi connectivity index (χ1v) is 9.00. The highest BCUT2D eigenvalue weighted by atomic mass is 32.2. The van der Waals surface area contributed by atoms with Gasteiger partial charge in [0, 0.05) is 11.6 Å². The number of benzene rings is 1. The second-order valence-electron chi connectivity index (χ2n) is 4.48. The van der Waals surface area contributed by atoms with Gasteiger partial charge in [0.15, 0.2) is 5.13 Å². The molecule has 0 unspecified atom stereocenters. The SMILES string of the molecule is CCOc1ccccc1-c1nnc(SCC(=O)Nc2nccs2)o1. The number of aromatic nitrogens is 3. The number of nitrogens with one attached hydrogen (secondary N) is 1. The van der Waals surface area contributed by atoms with Crippen LogP contribution in [0.4, 0.5) is 5.13 Å². The Morgan fingerprint density at radius 3 is 3.04 bits per heavy atom. The molecule has 3 rings (SSSR count). The van der Waals surface area contributed by atoms with E-state index >= 15 is 0 Å². The number of carbonyl (C=O) groups is 1. The summed E-state index contributed by atoms with van der Waals surface area (Å²) in [6.45, 7) is 2.45. The molecule has 1 amide bonds. The minimum atomic E-state index is -0.176. The number of amides is 1. The number of thioether (sulfide) groups is 1. The average molecular weight is 362 g/mol. The number of hydrogen-bond acceptors (Lipinski definition) is 8. The van der Waals surface area contributed by atoms with Crippen molar-refractivity contribution in [3.63, 3.8) is 0 Å². The number of rotatable bonds is 7. The van der Waals surface area contributed by atoms with E-state index in [1.165, 1.54) is 23.1 Å². The minimum Gasteiger partial charge on any atom is -0.493 e. The topological polar surface area (TPSA) is 90.1 Å². The lowest BCUT2D eigenvalue weighted by Gasteiger charge is -2.06. The van der Waals surface area contributed by atoms with Crippen molar-refractivity contribution in [1.82, 2.24) is 15.2 Å². The maximum absolute atomic E-state index is 11.8. The third-order valence-corrected chi connectivity index (χ3v) is 4.34. The molecule has 24 heavy (non-hydrogen) atoms. The second kappa shape index (κ2) is 7.93. The molecular formula is C15H14N4O3S2. The predicted octanol–water partition coefficient (Wildman–Crippen LogP) is 3.32. The lowest BCUT2D eigenvalue weighted by Crippen LogP contribution is -2.13. The van der Waals surface area contributed by atoms with Crippen molar-refractivity contribution in [3.05, 3.63) is 35.8 Å². The van der Waals surface area contributed by atoms with E-state index in [9.17, 15) is 4.79 Å². The molecule has 0 radical (unpaired) electrons. The monoisotopic (exact) mass is 362 g/mol. The number of hydrogen-bond donors (Lipinski definition) is 1. The van der Waals surface area contributed by atoms with Crippen LogP contribution in [0.1, 0.15) is 6.92 Å². The summed E-state index contributed by atoms with van der Waals surface area (Å²) in [6.07, 6.45) is 1.63. The van der Waals surface area contributed by atoms with E-state index < -0.39 is 0 Å². The highest BCUT2D eigenvalue weighted by Crippen LogP contribution is 2.30. The Hall–Kier alpha value is -2.39. The van der Waals surface area contributed by atoms with Gasteiger partial charge in [-0.2, -0.15) is 0 Å². The van der Waals surface area contributed by atoms with Gasteiger partial charge in [0.1, 0.15) is 5.75 Å². The fourth-order valence-electron chi connectivity index (χ4n) is 1.87. The maximum atomic E-state index is 11.8. The van der Waals surface area contributed by atoms with Crippen LogP contribution in [0.2, 0.25) is 0 Å². The zero-order chi connectivity index (χ0) is 16.8. The molecule has 0 atom stereocenters. The fraction of sp³-hybridized carbons (Fsp3) is 0.200. The number of para-hydroxylation sites is 1. The Balaban J connectivity index is 1.62. The lowest BCUT2D eigenvalue weighted by atomic mass is 10.2. The van der Waals surface area contributed by atoms with Gasteiger partial charge in [-0.15, -0.1) is 21.5 Å². The Morgan fingerprint density at radius 2 is 2.25 bits per heavy atom. The number of anilines is 1. The summed E-state index contributed by atoms with van der Waals surface area (Å²) in [7, 11) is 0. The Bertz CT molecular complexity index is 805. The molecule has 0 fully saturated rings. The second-order valence-corrected chi connectivity index (χ2v) is 6.30. The standard InChI is InChI=1S/C15H14N4O3S2/c1-2-21-11-6-4-3-5-10(11)13-18-19-15(22-13)24-9-12(20)17-14-16-7-8-23-14/h3-8H,2,9H2,1H3,(H,16,17,20). The van der Waals surface area contributed by atoms with Crippen LogP contribution >= 0.6 is 23.1 Å². The molecule has 9 heteroatoms. The largest absolute Gasteiger partial charge is 0.493 e. The van der Waals surface area contributed by atoms with Gasteiger partial charge < -0.3 is 14.5 Å². The summed E-state index contributed by atoms with van der Waals surface area (Å²) in [5.41, 5.74) is 0.728. The zero-order valence-electron chi connectivity index (χ0n) is 12.8. The third-order valence-electron chi connectivity index (χ3n) is 2.83. The average Bonchev–Trinajstić information content (AvgIpc) is 3.25. The summed E-state index contributed by atoms with van der Waals surface area (Å²) >= 11 is 2.53. The number of carbonyl (C=O) groups excluding carboxylic acids is 1. The number of ether oxygens (including phenoxy) is 1. The van der Waals surface area contributed by atoms with E-state index in [4.69, 9.17) is 9.15 Å². The minimum absolute atomic E-state index is 0.161. The van der Waals surface area contributed by atoms with Gasteiger partial charge in [0.25, 0.3) is 11.1 Å². The molecule has 0 saturated heterocycles. The Morgan fingerprint density at radius 1 is 1.38 bits per heavy atom. The van der Waals surface area contributed by atoms with Crippen molar-refractivity contribution in [1.29, 1.82) is 0 Å². The molecule has 124 valence electrons. The fourth-order valence-corrected chi connectivity index (χ4v) is 2.98. The number of nitrogens with zero attached hydrogens (tertiary/aromatic N) is 3. The summed E-state index contributed by atoms with van der Waals surface area (Å²) in [6, 6.07) is 7.44. The molecule has 0 saturated carbocycles. The van der Waals surface area contributed by atoms with E-state index in [0.717, 1.165) is 5.56 Å².